The average Bonchev–Trinajstić information content (AvgIpc) is 2.85. The van der Waals surface area contributed by atoms with Gasteiger partial charge in [-0.3, -0.25) is 4.90 Å². The van der Waals surface area contributed by atoms with Crippen LogP contribution in [0.15, 0.2) is 40.9 Å². The predicted molar refractivity (Wildman–Crippen MR) is 113 cm³/mol. The SMILES string of the molecule is CC(C)(C)OC(=O)N1[C@@H](CC/C=C/CCc2ccccc2Br)COC1(C)C. The fourth-order valence-electron chi connectivity index (χ4n) is 3.24. The topological polar surface area (TPSA) is 38.8 Å². The van der Waals surface area contributed by atoms with E-state index in [1.165, 1.54) is 5.56 Å². The Morgan fingerprint density at radius 1 is 1.30 bits per heavy atom. The molecule has 1 saturated heterocycles. The van der Waals surface area contributed by atoms with E-state index < -0.39 is 11.3 Å². The van der Waals surface area contributed by atoms with Crippen LogP contribution in [0.5, 0.6) is 0 Å². The molecule has 1 aliphatic rings. The summed E-state index contributed by atoms with van der Waals surface area (Å²) in [6, 6.07) is 8.37. The first kappa shape index (κ1) is 22.0. The van der Waals surface area contributed by atoms with E-state index in [9.17, 15) is 4.79 Å². The smallest absolute Gasteiger partial charge is 0.412 e. The lowest BCUT2D eigenvalue weighted by molar-refractivity contribution is -0.0626. The van der Waals surface area contributed by atoms with Crippen LogP contribution in [0.2, 0.25) is 0 Å². The molecule has 1 aliphatic heterocycles. The Balaban J connectivity index is 1.83. The second-order valence-electron chi connectivity index (χ2n) is 8.44. The summed E-state index contributed by atoms with van der Waals surface area (Å²) < 4.78 is 12.6. The Morgan fingerprint density at radius 2 is 1.96 bits per heavy atom. The summed E-state index contributed by atoms with van der Waals surface area (Å²) in [4.78, 5) is 14.4. The largest absolute Gasteiger partial charge is 0.444 e. The van der Waals surface area contributed by atoms with Gasteiger partial charge in [-0.15, -0.1) is 0 Å². The van der Waals surface area contributed by atoms with Gasteiger partial charge in [0.2, 0.25) is 0 Å². The quantitative estimate of drug-likeness (QED) is 0.505. The van der Waals surface area contributed by atoms with Crippen LogP contribution in [-0.2, 0) is 15.9 Å². The lowest BCUT2D eigenvalue weighted by atomic mass is 10.1. The highest BCUT2D eigenvalue weighted by Crippen LogP contribution is 2.31. The van der Waals surface area contributed by atoms with E-state index in [1.807, 2.05) is 40.7 Å². The monoisotopic (exact) mass is 437 g/mol. The third kappa shape index (κ3) is 6.65. The third-order valence-electron chi connectivity index (χ3n) is 4.54. The van der Waals surface area contributed by atoms with E-state index in [2.05, 4.69) is 46.3 Å². The number of carbonyl (C=O) groups is 1. The molecule has 0 saturated carbocycles. The van der Waals surface area contributed by atoms with Crippen molar-refractivity contribution in [3.8, 4) is 0 Å². The van der Waals surface area contributed by atoms with Gasteiger partial charge in [0.25, 0.3) is 0 Å². The van der Waals surface area contributed by atoms with Crippen molar-refractivity contribution in [3.63, 3.8) is 0 Å². The van der Waals surface area contributed by atoms with Crippen molar-refractivity contribution in [1.29, 1.82) is 0 Å². The Labute approximate surface area is 172 Å². The van der Waals surface area contributed by atoms with Crippen molar-refractivity contribution in [2.75, 3.05) is 6.61 Å². The Bertz CT molecular complexity index is 664. The van der Waals surface area contributed by atoms with Gasteiger partial charge in [0.1, 0.15) is 11.3 Å². The first-order chi connectivity index (χ1) is 12.6. The Kier molecular flexibility index (Phi) is 7.52. The molecule has 1 aromatic rings. The summed E-state index contributed by atoms with van der Waals surface area (Å²) in [5, 5.41) is 0. The van der Waals surface area contributed by atoms with E-state index in [0.717, 1.165) is 30.2 Å². The van der Waals surface area contributed by atoms with Gasteiger partial charge in [0, 0.05) is 4.47 Å². The number of halogens is 1. The van der Waals surface area contributed by atoms with Crippen molar-refractivity contribution < 1.29 is 14.3 Å². The maximum absolute atomic E-state index is 12.6. The van der Waals surface area contributed by atoms with Gasteiger partial charge >= 0.3 is 6.09 Å². The maximum Gasteiger partial charge on any atom is 0.412 e. The van der Waals surface area contributed by atoms with Crippen LogP contribution in [0.25, 0.3) is 0 Å². The molecule has 1 heterocycles. The van der Waals surface area contributed by atoms with Crippen LogP contribution in [0.1, 0.15) is 59.4 Å². The molecule has 4 nitrogen and oxygen atoms in total. The Hall–Kier alpha value is -1.33. The molecule has 27 heavy (non-hydrogen) atoms. The minimum Gasteiger partial charge on any atom is -0.444 e. The van der Waals surface area contributed by atoms with Crippen molar-refractivity contribution in [3.05, 3.63) is 46.5 Å². The predicted octanol–water partition coefficient (Wildman–Crippen LogP) is 6.09. The molecule has 0 bridgehead atoms. The minimum absolute atomic E-state index is 0.0442. The summed E-state index contributed by atoms with van der Waals surface area (Å²) >= 11 is 3.59. The summed E-state index contributed by atoms with van der Waals surface area (Å²) in [7, 11) is 0. The molecule has 5 heteroatoms. The number of benzene rings is 1. The standard InChI is InChI=1S/C22H32BrNO3/c1-21(2,3)27-20(25)24-18(16-26-22(24,4)5)14-9-7-6-8-12-17-13-10-11-15-19(17)23/h6-7,10-11,13,15,18H,8-9,12,14,16H2,1-5H3/b7-6+/t18-/m0/s1. The maximum atomic E-state index is 12.6. The highest BCUT2D eigenvalue weighted by atomic mass is 79.9. The van der Waals surface area contributed by atoms with Crippen molar-refractivity contribution in [1.82, 2.24) is 4.90 Å². The second kappa shape index (κ2) is 9.24. The minimum atomic E-state index is -0.629. The van der Waals surface area contributed by atoms with Crippen molar-refractivity contribution in [2.24, 2.45) is 0 Å². The van der Waals surface area contributed by atoms with Gasteiger partial charge in [-0.2, -0.15) is 0 Å². The molecule has 1 atom stereocenters. The molecule has 1 amide bonds. The van der Waals surface area contributed by atoms with E-state index in [0.29, 0.717) is 6.61 Å². The molecule has 0 unspecified atom stereocenters. The van der Waals surface area contributed by atoms with E-state index >= 15 is 0 Å². The highest BCUT2D eigenvalue weighted by molar-refractivity contribution is 9.10. The van der Waals surface area contributed by atoms with Crippen molar-refractivity contribution in [2.45, 2.75) is 77.7 Å². The van der Waals surface area contributed by atoms with Gasteiger partial charge in [0.05, 0.1) is 12.6 Å². The van der Waals surface area contributed by atoms with Crippen LogP contribution >= 0.6 is 15.9 Å². The molecule has 0 radical (unpaired) electrons. The van der Waals surface area contributed by atoms with Gasteiger partial charge in [0.15, 0.2) is 0 Å². The first-order valence-electron chi connectivity index (χ1n) is 9.65. The number of rotatable bonds is 6. The summed E-state index contributed by atoms with van der Waals surface area (Å²) in [6.07, 6.45) is 7.93. The normalized spacial score (nSPS) is 19.6. The molecule has 0 N–H and O–H groups in total. The number of ether oxygens (including phenoxy) is 2. The molecule has 0 spiro atoms. The van der Waals surface area contributed by atoms with Crippen LogP contribution in [-0.4, -0.2) is 35.0 Å². The summed E-state index contributed by atoms with van der Waals surface area (Å²) in [6.45, 7) is 10.1. The van der Waals surface area contributed by atoms with Crippen LogP contribution in [0.4, 0.5) is 4.79 Å². The highest BCUT2D eigenvalue weighted by Gasteiger charge is 2.45. The average molecular weight is 438 g/mol. The molecular weight excluding hydrogens is 406 g/mol. The molecule has 150 valence electrons. The van der Waals surface area contributed by atoms with Gasteiger partial charge in [-0.1, -0.05) is 46.3 Å². The Morgan fingerprint density at radius 3 is 2.63 bits per heavy atom. The third-order valence-corrected chi connectivity index (χ3v) is 5.31. The number of amides is 1. The van der Waals surface area contributed by atoms with Crippen LogP contribution in [0, 0.1) is 0 Å². The van der Waals surface area contributed by atoms with E-state index in [1.54, 1.807) is 4.90 Å². The van der Waals surface area contributed by atoms with Gasteiger partial charge in [-0.25, -0.2) is 4.79 Å². The lowest BCUT2D eigenvalue weighted by Gasteiger charge is -2.35. The molecule has 1 fully saturated rings. The molecule has 0 aromatic heterocycles. The summed E-state index contributed by atoms with van der Waals surface area (Å²) in [5.74, 6) is 0. The zero-order valence-corrected chi connectivity index (χ0v) is 18.7. The number of hydrogen-bond donors (Lipinski definition) is 0. The fraction of sp³-hybridized carbons (Fsp3) is 0.591. The van der Waals surface area contributed by atoms with Crippen LogP contribution < -0.4 is 0 Å². The van der Waals surface area contributed by atoms with Gasteiger partial charge in [-0.05, 0) is 71.9 Å². The van der Waals surface area contributed by atoms with E-state index in [-0.39, 0.29) is 12.1 Å². The van der Waals surface area contributed by atoms with Crippen LogP contribution in [0.3, 0.4) is 0 Å². The number of aryl methyl sites for hydroxylation is 1. The number of hydrogen-bond acceptors (Lipinski definition) is 3. The number of carbonyl (C=O) groups excluding carboxylic acids is 1. The summed E-state index contributed by atoms with van der Waals surface area (Å²) in [5.41, 5.74) is 0.187. The number of nitrogens with zero attached hydrogens (tertiary/aromatic N) is 1. The molecule has 2 rings (SSSR count). The zero-order valence-electron chi connectivity index (χ0n) is 17.1. The fourth-order valence-corrected chi connectivity index (χ4v) is 3.72. The first-order valence-corrected chi connectivity index (χ1v) is 10.4. The van der Waals surface area contributed by atoms with Crippen molar-refractivity contribution >= 4 is 22.0 Å². The molecule has 1 aromatic carbocycles. The lowest BCUT2D eigenvalue weighted by Crippen LogP contribution is -2.49. The van der Waals surface area contributed by atoms with Gasteiger partial charge < -0.3 is 9.47 Å². The molecule has 0 aliphatic carbocycles. The zero-order chi connectivity index (χ0) is 20.1. The molecular formula is C22H32BrNO3. The number of allylic oxidation sites excluding steroid dienone is 2. The second-order valence-corrected chi connectivity index (χ2v) is 9.30. The van der Waals surface area contributed by atoms with E-state index in [4.69, 9.17) is 9.47 Å².